The molecule has 0 saturated heterocycles. The van der Waals surface area contributed by atoms with Gasteiger partial charge in [0.15, 0.2) is 5.88 Å². The van der Waals surface area contributed by atoms with E-state index in [0.29, 0.717) is 19.0 Å². The van der Waals surface area contributed by atoms with Crippen LogP contribution in [0.4, 0.5) is 4.39 Å². The minimum atomic E-state index is -0.488. The van der Waals surface area contributed by atoms with Crippen molar-refractivity contribution in [2.75, 3.05) is 40.5 Å². The van der Waals surface area contributed by atoms with Crippen molar-refractivity contribution in [2.45, 2.75) is 47.1 Å². The van der Waals surface area contributed by atoms with Crippen LogP contribution in [-0.2, 0) is 4.74 Å². The molecule has 5 nitrogen and oxygen atoms in total. The van der Waals surface area contributed by atoms with Crippen LogP contribution in [0.2, 0.25) is 0 Å². The summed E-state index contributed by atoms with van der Waals surface area (Å²) >= 11 is 0. The fourth-order valence-corrected chi connectivity index (χ4v) is 4.34. The molecule has 178 valence electrons. The molecule has 2 atom stereocenters. The van der Waals surface area contributed by atoms with Gasteiger partial charge in [0.2, 0.25) is 0 Å². The van der Waals surface area contributed by atoms with Gasteiger partial charge in [-0.05, 0) is 55.1 Å². The standard InChI is InChI=1S/C26H41FN4O/c1-18-13-21(17-31(8)25(18)32-12-10-27)15-29-16-22-23(28-7)9-11-30-24(22)20(3)19(2)14-26(4,5)6/h9,11,13,16,19,23,28,30H,3,10,12,14-15,17H2,1-2,4-8H3. The van der Waals surface area contributed by atoms with Gasteiger partial charge in [-0.3, -0.25) is 4.99 Å². The van der Waals surface area contributed by atoms with Crippen molar-refractivity contribution in [1.29, 1.82) is 0 Å². The minimum absolute atomic E-state index is 0.0821. The number of ether oxygens (including phenoxy) is 1. The molecule has 6 heteroatoms. The number of aliphatic imine (C=N–C) groups is 1. The fraction of sp³-hybridized carbons (Fsp3) is 0.577. The van der Waals surface area contributed by atoms with Crippen molar-refractivity contribution in [3.63, 3.8) is 0 Å². The summed E-state index contributed by atoms with van der Waals surface area (Å²) in [7, 11) is 3.92. The first-order chi connectivity index (χ1) is 15.1. The van der Waals surface area contributed by atoms with Crippen LogP contribution in [-0.4, -0.2) is 57.6 Å². The Morgan fingerprint density at radius 1 is 1.47 bits per heavy atom. The lowest BCUT2D eigenvalue weighted by Crippen LogP contribution is -2.34. The normalized spacial score (nSPS) is 20.6. The van der Waals surface area contributed by atoms with Gasteiger partial charge in [0, 0.05) is 36.7 Å². The number of rotatable bonds is 10. The van der Waals surface area contributed by atoms with E-state index in [-0.39, 0.29) is 18.1 Å². The van der Waals surface area contributed by atoms with E-state index in [9.17, 15) is 4.39 Å². The zero-order valence-electron chi connectivity index (χ0n) is 20.9. The van der Waals surface area contributed by atoms with Gasteiger partial charge in [0.1, 0.15) is 13.3 Å². The third-order valence-electron chi connectivity index (χ3n) is 5.67. The third-order valence-corrected chi connectivity index (χ3v) is 5.67. The van der Waals surface area contributed by atoms with Gasteiger partial charge < -0.3 is 20.3 Å². The SMILES string of the molecule is C=C(C1=C(C=NCC2=CC(C)=C(OCCF)N(C)C2)C(NC)C=CN1)C(C)CC(C)(C)C. The average molecular weight is 445 g/mol. The van der Waals surface area contributed by atoms with Crippen LogP contribution in [0.1, 0.15) is 41.0 Å². The van der Waals surface area contributed by atoms with E-state index in [0.717, 1.165) is 34.7 Å². The number of allylic oxidation sites excluding steroid dienone is 3. The highest BCUT2D eigenvalue weighted by molar-refractivity contribution is 5.84. The fourth-order valence-electron chi connectivity index (χ4n) is 4.34. The molecule has 2 aliphatic rings. The molecule has 0 bridgehead atoms. The smallest absolute Gasteiger partial charge is 0.192 e. The van der Waals surface area contributed by atoms with Crippen LogP contribution in [0.5, 0.6) is 0 Å². The van der Waals surface area contributed by atoms with Gasteiger partial charge in [-0.2, -0.15) is 0 Å². The monoisotopic (exact) mass is 444 g/mol. The molecule has 2 rings (SSSR count). The first kappa shape index (κ1) is 25.9. The predicted octanol–water partition coefficient (Wildman–Crippen LogP) is 4.73. The third kappa shape index (κ3) is 7.09. The second-order valence-corrected chi connectivity index (χ2v) is 9.95. The number of nitrogens with zero attached hydrogens (tertiary/aromatic N) is 2. The highest BCUT2D eigenvalue weighted by Gasteiger charge is 2.24. The Kier molecular flexibility index (Phi) is 9.32. The number of alkyl halides is 1. The molecular formula is C26H41FN4O. The number of halogens is 1. The highest BCUT2D eigenvalue weighted by atomic mass is 19.1. The topological polar surface area (TPSA) is 48.9 Å². The Labute approximate surface area is 193 Å². The number of hydrogen-bond acceptors (Lipinski definition) is 5. The summed E-state index contributed by atoms with van der Waals surface area (Å²) in [5.41, 5.74) is 5.69. The summed E-state index contributed by atoms with van der Waals surface area (Å²) in [6.07, 6.45) is 9.21. The molecule has 2 N–H and O–H groups in total. The number of hydrogen-bond donors (Lipinski definition) is 2. The van der Waals surface area contributed by atoms with Crippen molar-refractivity contribution < 1.29 is 9.13 Å². The van der Waals surface area contributed by atoms with Gasteiger partial charge >= 0.3 is 0 Å². The maximum Gasteiger partial charge on any atom is 0.192 e. The molecule has 0 amide bonds. The van der Waals surface area contributed by atoms with Gasteiger partial charge in [-0.15, -0.1) is 0 Å². The predicted molar refractivity (Wildman–Crippen MR) is 133 cm³/mol. The van der Waals surface area contributed by atoms with Crippen molar-refractivity contribution in [3.8, 4) is 0 Å². The molecule has 0 aromatic rings. The molecule has 2 unspecified atom stereocenters. The molecule has 32 heavy (non-hydrogen) atoms. The maximum atomic E-state index is 12.5. The van der Waals surface area contributed by atoms with Crippen LogP contribution in [0.25, 0.3) is 0 Å². The van der Waals surface area contributed by atoms with Crippen LogP contribution < -0.4 is 10.6 Å². The molecular weight excluding hydrogens is 403 g/mol. The molecule has 0 saturated carbocycles. The zero-order valence-corrected chi connectivity index (χ0v) is 20.9. The number of likely N-dealkylation sites (N-methyl/N-ethyl adjacent to an activating group) is 2. The van der Waals surface area contributed by atoms with E-state index >= 15 is 0 Å². The first-order valence-corrected chi connectivity index (χ1v) is 11.4. The van der Waals surface area contributed by atoms with Crippen LogP contribution in [0.15, 0.2) is 63.8 Å². The summed E-state index contributed by atoms with van der Waals surface area (Å²) in [5, 5.41) is 6.78. The quantitative estimate of drug-likeness (QED) is 0.478. The van der Waals surface area contributed by atoms with E-state index in [1.54, 1.807) is 0 Å². The molecule has 0 aromatic heterocycles. The average Bonchev–Trinajstić information content (AvgIpc) is 2.71. The zero-order chi connectivity index (χ0) is 23.9. The molecule has 2 heterocycles. The van der Waals surface area contributed by atoms with Crippen molar-refractivity contribution in [3.05, 3.63) is 58.8 Å². The lowest BCUT2D eigenvalue weighted by molar-refractivity contribution is 0.114. The van der Waals surface area contributed by atoms with Crippen molar-refractivity contribution >= 4 is 6.21 Å². The van der Waals surface area contributed by atoms with Crippen LogP contribution in [0.3, 0.4) is 0 Å². The second kappa shape index (κ2) is 11.5. The van der Waals surface area contributed by atoms with Gasteiger partial charge in [0.05, 0.1) is 12.6 Å². The first-order valence-electron chi connectivity index (χ1n) is 11.4. The van der Waals surface area contributed by atoms with E-state index in [1.807, 2.05) is 38.3 Å². The van der Waals surface area contributed by atoms with Gasteiger partial charge in [-0.1, -0.05) is 40.3 Å². The Balaban J connectivity index is 2.21. The number of dihydropyridines is 1. The summed E-state index contributed by atoms with van der Waals surface area (Å²) in [5.74, 6) is 1.09. The lowest BCUT2D eigenvalue weighted by atomic mass is 9.80. The lowest BCUT2D eigenvalue weighted by Gasteiger charge is -2.30. The summed E-state index contributed by atoms with van der Waals surface area (Å²) in [6.45, 7) is 16.3. The highest BCUT2D eigenvalue weighted by Crippen LogP contribution is 2.32. The van der Waals surface area contributed by atoms with Crippen LogP contribution >= 0.6 is 0 Å². The Bertz CT molecular complexity index is 829. The largest absolute Gasteiger partial charge is 0.476 e. The molecule has 0 aliphatic carbocycles. The Morgan fingerprint density at radius 2 is 2.19 bits per heavy atom. The van der Waals surface area contributed by atoms with E-state index in [2.05, 4.69) is 57.1 Å². The molecule has 0 fully saturated rings. The van der Waals surface area contributed by atoms with E-state index in [4.69, 9.17) is 9.73 Å². The number of nitrogens with one attached hydrogen (secondary N) is 2. The van der Waals surface area contributed by atoms with Gasteiger partial charge in [-0.25, -0.2) is 4.39 Å². The Morgan fingerprint density at radius 3 is 2.78 bits per heavy atom. The minimum Gasteiger partial charge on any atom is -0.476 e. The van der Waals surface area contributed by atoms with Crippen LogP contribution in [0, 0.1) is 11.3 Å². The molecule has 2 aliphatic heterocycles. The van der Waals surface area contributed by atoms with E-state index < -0.39 is 6.67 Å². The second-order valence-electron chi connectivity index (χ2n) is 9.95. The molecule has 0 spiro atoms. The summed E-state index contributed by atoms with van der Waals surface area (Å²) in [4.78, 5) is 6.80. The van der Waals surface area contributed by atoms with Crippen molar-refractivity contribution in [1.82, 2.24) is 15.5 Å². The molecule has 0 radical (unpaired) electrons. The summed E-state index contributed by atoms with van der Waals surface area (Å²) < 4.78 is 18.0. The maximum absolute atomic E-state index is 12.5. The van der Waals surface area contributed by atoms with Crippen molar-refractivity contribution in [2.24, 2.45) is 16.3 Å². The van der Waals surface area contributed by atoms with Gasteiger partial charge in [0.25, 0.3) is 0 Å². The Hall–Kier alpha value is -2.34. The summed E-state index contributed by atoms with van der Waals surface area (Å²) in [6, 6.07) is 0.0823. The van der Waals surface area contributed by atoms with E-state index in [1.165, 1.54) is 5.57 Å². The molecule has 0 aromatic carbocycles.